The number of aliphatic hydroxyl groups excluding tert-OH is 1. The topological polar surface area (TPSA) is 80.9 Å². The Balaban J connectivity index is 1.38. The average Bonchev–Trinajstić information content (AvgIpc) is 3.34. The van der Waals surface area contributed by atoms with E-state index in [1.165, 1.54) is 16.5 Å². The third kappa shape index (κ3) is 2.88. The molecule has 0 bridgehead atoms. The standard InChI is InChI=1S/C23H23N5O/c1-14-7-8-17-18(11-14)26-23(25-17)21-20(29)13-28(22(21)24)10-9-15-12-27(2)19-6-4-3-5-16(15)19/h3-8,11-12,24,29H,9-10,13H2,1-2H3,(H,25,26). The van der Waals surface area contributed by atoms with E-state index in [0.717, 1.165) is 23.0 Å². The summed E-state index contributed by atoms with van der Waals surface area (Å²) in [5.74, 6) is 1.07. The number of fused-ring (bicyclic) bond motifs is 2. The van der Waals surface area contributed by atoms with Gasteiger partial charge in [0.05, 0.1) is 23.2 Å². The lowest BCUT2D eigenvalue weighted by Crippen LogP contribution is -2.29. The Morgan fingerprint density at radius 2 is 2.03 bits per heavy atom. The quantitative estimate of drug-likeness (QED) is 0.493. The summed E-state index contributed by atoms with van der Waals surface area (Å²) in [6.45, 7) is 3.04. The van der Waals surface area contributed by atoms with Crippen LogP contribution in [0.2, 0.25) is 0 Å². The van der Waals surface area contributed by atoms with Crippen molar-refractivity contribution < 1.29 is 5.11 Å². The lowest BCUT2D eigenvalue weighted by Gasteiger charge is -2.18. The van der Waals surface area contributed by atoms with Crippen LogP contribution in [-0.2, 0) is 13.5 Å². The Kier molecular flexibility index (Phi) is 3.94. The summed E-state index contributed by atoms with van der Waals surface area (Å²) in [4.78, 5) is 9.76. The molecule has 2 aromatic carbocycles. The highest BCUT2D eigenvalue weighted by atomic mass is 16.3. The largest absolute Gasteiger partial charge is 0.510 e. The van der Waals surface area contributed by atoms with E-state index in [1.807, 2.05) is 36.1 Å². The van der Waals surface area contributed by atoms with Crippen molar-refractivity contribution in [3.63, 3.8) is 0 Å². The summed E-state index contributed by atoms with van der Waals surface area (Å²) in [6, 6.07) is 14.4. The van der Waals surface area contributed by atoms with Crippen molar-refractivity contribution in [3.8, 4) is 0 Å². The third-order valence-electron chi connectivity index (χ3n) is 5.69. The SMILES string of the molecule is Cc1ccc2nc(C3=C(O)CN(CCc4cn(C)c5ccccc45)C3=N)[nH]c2c1. The molecule has 0 spiro atoms. The van der Waals surface area contributed by atoms with Crippen LogP contribution in [0, 0.1) is 12.3 Å². The number of aliphatic hydroxyl groups is 1. The molecular weight excluding hydrogens is 362 g/mol. The van der Waals surface area contributed by atoms with Crippen LogP contribution in [0.5, 0.6) is 0 Å². The number of aromatic amines is 1. The number of hydrogen-bond acceptors (Lipinski definition) is 3. The van der Waals surface area contributed by atoms with Crippen molar-refractivity contribution in [2.75, 3.05) is 13.1 Å². The number of imidazole rings is 1. The fourth-order valence-corrected chi connectivity index (χ4v) is 4.20. The third-order valence-corrected chi connectivity index (χ3v) is 5.69. The smallest absolute Gasteiger partial charge is 0.145 e. The highest BCUT2D eigenvalue weighted by Crippen LogP contribution is 2.28. The normalized spacial score (nSPS) is 14.7. The van der Waals surface area contributed by atoms with Crippen molar-refractivity contribution in [3.05, 3.63) is 71.4 Å². The summed E-state index contributed by atoms with van der Waals surface area (Å²) in [6.07, 6.45) is 2.96. The predicted molar refractivity (Wildman–Crippen MR) is 116 cm³/mol. The first kappa shape index (κ1) is 17.6. The molecular formula is C23H23N5O. The number of nitrogens with one attached hydrogen (secondary N) is 2. The molecule has 146 valence electrons. The summed E-state index contributed by atoms with van der Waals surface area (Å²) < 4.78 is 2.14. The summed E-state index contributed by atoms with van der Waals surface area (Å²) in [5, 5.41) is 20.4. The van der Waals surface area contributed by atoms with E-state index in [2.05, 4.69) is 46.0 Å². The molecule has 3 N–H and O–H groups in total. The zero-order valence-electron chi connectivity index (χ0n) is 16.5. The second-order valence-electron chi connectivity index (χ2n) is 7.73. The fraction of sp³-hybridized carbons (Fsp3) is 0.217. The molecule has 1 aliphatic heterocycles. The first-order valence-electron chi connectivity index (χ1n) is 9.77. The number of rotatable bonds is 4. The van der Waals surface area contributed by atoms with Crippen molar-refractivity contribution >= 4 is 33.3 Å². The van der Waals surface area contributed by atoms with E-state index >= 15 is 0 Å². The van der Waals surface area contributed by atoms with Gasteiger partial charge in [0.2, 0.25) is 0 Å². The van der Waals surface area contributed by atoms with Gasteiger partial charge in [-0.1, -0.05) is 24.3 Å². The van der Waals surface area contributed by atoms with Gasteiger partial charge in [0.1, 0.15) is 17.4 Å². The summed E-state index contributed by atoms with van der Waals surface area (Å²) in [5.41, 5.74) is 5.86. The maximum Gasteiger partial charge on any atom is 0.145 e. The lowest BCUT2D eigenvalue weighted by molar-refractivity contribution is 0.351. The van der Waals surface area contributed by atoms with Crippen LogP contribution in [0.15, 0.2) is 54.4 Å². The first-order valence-corrected chi connectivity index (χ1v) is 9.77. The molecule has 29 heavy (non-hydrogen) atoms. The van der Waals surface area contributed by atoms with Crippen LogP contribution < -0.4 is 0 Å². The number of aryl methyl sites for hydroxylation is 2. The molecule has 0 saturated heterocycles. The Bertz CT molecular complexity index is 1290. The maximum absolute atomic E-state index is 10.6. The van der Waals surface area contributed by atoms with Crippen LogP contribution in [0.4, 0.5) is 0 Å². The van der Waals surface area contributed by atoms with Crippen LogP contribution in [0.3, 0.4) is 0 Å². The minimum Gasteiger partial charge on any atom is -0.510 e. The van der Waals surface area contributed by atoms with Gasteiger partial charge >= 0.3 is 0 Å². The number of H-pyrrole nitrogens is 1. The molecule has 0 atom stereocenters. The number of hydrogen-bond donors (Lipinski definition) is 3. The lowest BCUT2D eigenvalue weighted by atomic mass is 10.1. The van der Waals surface area contributed by atoms with Crippen LogP contribution in [0.1, 0.15) is 17.0 Å². The van der Waals surface area contributed by atoms with Gasteiger partial charge in [-0.05, 0) is 42.7 Å². The van der Waals surface area contributed by atoms with Crippen LogP contribution >= 0.6 is 0 Å². The molecule has 1 aliphatic rings. The van der Waals surface area contributed by atoms with Gasteiger partial charge in [-0.3, -0.25) is 5.41 Å². The van der Waals surface area contributed by atoms with Crippen LogP contribution in [-0.4, -0.2) is 43.5 Å². The molecule has 0 amide bonds. The molecule has 5 rings (SSSR count). The molecule has 0 saturated carbocycles. The molecule has 0 unspecified atom stereocenters. The van der Waals surface area contributed by atoms with Crippen molar-refractivity contribution in [2.24, 2.45) is 7.05 Å². The number of amidine groups is 1. The van der Waals surface area contributed by atoms with E-state index in [9.17, 15) is 5.11 Å². The average molecular weight is 385 g/mol. The van der Waals surface area contributed by atoms with Crippen molar-refractivity contribution in [1.29, 1.82) is 5.41 Å². The Hall–Kier alpha value is -3.54. The molecule has 0 fully saturated rings. The van der Waals surface area contributed by atoms with Gasteiger partial charge < -0.3 is 19.6 Å². The fourth-order valence-electron chi connectivity index (χ4n) is 4.20. The Morgan fingerprint density at radius 1 is 1.21 bits per heavy atom. The first-order chi connectivity index (χ1) is 14.0. The zero-order chi connectivity index (χ0) is 20.1. The minimum absolute atomic E-state index is 0.198. The van der Waals surface area contributed by atoms with E-state index in [0.29, 0.717) is 30.3 Å². The highest BCUT2D eigenvalue weighted by Gasteiger charge is 2.30. The second kappa shape index (κ2) is 6.51. The Morgan fingerprint density at radius 3 is 2.90 bits per heavy atom. The van der Waals surface area contributed by atoms with E-state index in [1.54, 1.807) is 0 Å². The molecule has 0 aliphatic carbocycles. The maximum atomic E-state index is 10.6. The number of aromatic nitrogens is 3. The minimum atomic E-state index is 0.198. The van der Waals surface area contributed by atoms with Gasteiger partial charge in [-0.15, -0.1) is 0 Å². The molecule has 0 radical (unpaired) electrons. The number of para-hydroxylation sites is 1. The second-order valence-corrected chi connectivity index (χ2v) is 7.73. The van der Waals surface area contributed by atoms with Gasteiger partial charge in [0.25, 0.3) is 0 Å². The monoisotopic (exact) mass is 385 g/mol. The predicted octanol–water partition coefficient (Wildman–Crippen LogP) is 4.17. The molecule has 2 aromatic heterocycles. The summed E-state index contributed by atoms with van der Waals surface area (Å²) >= 11 is 0. The van der Waals surface area contributed by atoms with E-state index in [4.69, 9.17) is 5.41 Å². The van der Waals surface area contributed by atoms with Crippen molar-refractivity contribution in [2.45, 2.75) is 13.3 Å². The van der Waals surface area contributed by atoms with Crippen LogP contribution in [0.25, 0.3) is 27.5 Å². The van der Waals surface area contributed by atoms with Crippen molar-refractivity contribution in [1.82, 2.24) is 19.4 Å². The van der Waals surface area contributed by atoms with Gasteiger partial charge in [0.15, 0.2) is 0 Å². The molecule has 6 nitrogen and oxygen atoms in total. The van der Waals surface area contributed by atoms with Gasteiger partial charge in [-0.2, -0.15) is 0 Å². The number of nitrogens with zero attached hydrogens (tertiary/aromatic N) is 3. The zero-order valence-corrected chi connectivity index (χ0v) is 16.5. The number of benzene rings is 2. The molecule has 3 heterocycles. The Labute approximate surface area is 168 Å². The summed E-state index contributed by atoms with van der Waals surface area (Å²) in [7, 11) is 2.05. The van der Waals surface area contributed by atoms with E-state index < -0.39 is 0 Å². The highest BCUT2D eigenvalue weighted by molar-refractivity contribution is 6.23. The van der Waals surface area contributed by atoms with Gasteiger partial charge in [0, 0.05) is 30.7 Å². The molecule has 6 heteroatoms. The molecule has 4 aromatic rings. The van der Waals surface area contributed by atoms with Gasteiger partial charge in [-0.25, -0.2) is 4.98 Å². The van der Waals surface area contributed by atoms with E-state index in [-0.39, 0.29) is 5.76 Å².